The van der Waals surface area contributed by atoms with Gasteiger partial charge in [-0.25, -0.2) is 13.4 Å². The van der Waals surface area contributed by atoms with Gasteiger partial charge in [0.25, 0.3) is 10.0 Å². The Kier molecular flexibility index (Phi) is 4.37. The molecule has 1 saturated heterocycles. The van der Waals surface area contributed by atoms with E-state index in [2.05, 4.69) is 14.6 Å². The molecule has 1 fully saturated rings. The molecule has 0 unspecified atom stereocenters. The van der Waals surface area contributed by atoms with Crippen LogP contribution in [0.15, 0.2) is 41.4 Å². The van der Waals surface area contributed by atoms with Crippen LogP contribution < -0.4 is 9.62 Å². The maximum Gasteiger partial charge on any atom is 0.261 e. The first-order valence-corrected chi connectivity index (χ1v) is 10.5. The van der Waals surface area contributed by atoms with E-state index in [-0.39, 0.29) is 0 Å². The Balaban J connectivity index is 1.52. The van der Waals surface area contributed by atoms with Crippen molar-refractivity contribution in [3.8, 4) is 0 Å². The molecule has 4 rings (SSSR count). The van der Waals surface area contributed by atoms with Crippen LogP contribution in [-0.4, -0.2) is 26.5 Å². The van der Waals surface area contributed by atoms with E-state index in [0.29, 0.717) is 10.6 Å². The number of fused-ring (bicyclic) bond motifs is 1. The molecule has 1 aromatic carbocycles. The number of nitrogens with zero attached hydrogens (tertiary/aromatic N) is 2. The lowest BCUT2D eigenvalue weighted by molar-refractivity contribution is 0.600. The van der Waals surface area contributed by atoms with Crippen molar-refractivity contribution in [2.75, 3.05) is 22.7 Å². The van der Waals surface area contributed by atoms with E-state index < -0.39 is 10.0 Å². The van der Waals surface area contributed by atoms with Crippen molar-refractivity contribution >= 4 is 21.5 Å². The van der Waals surface area contributed by atoms with Crippen molar-refractivity contribution in [1.29, 1.82) is 0 Å². The second-order valence-electron chi connectivity index (χ2n) is 6.84. The van der Waals surface area contributed by atoms with Crippen LogP contribution in [0.5, 0.6) is 0 Å². The number of hydrogen-bond donors (Lipinski definition) is 1. The fourth-order valence-corrected chi connectivity index (χ4v) is 4.76. The molecule has 0 saturated carbocycles. The number of aryl methyl sites for hydroxylation is 2. The van der Waals surface area contributed by atoms with Gasteiger partial charge in [-0.05, 0) is 73.9 Å². The standard InChI is InChI=1S/C19H23N3O2S/c23-25(24,18-9-7-15-5-1-2-6-16(15)13-18)21-17-8-10-19(20-14-17)22-11-3-4-12-22/h7-10,13-14,21H,1-6,11-12H2. The number of anilines is 2. The number of sulfonamides is 1. The van der Waals surface area contributed by atoms with E-state index in [1.165, 1.54) is 24.8 Å². The second-order valence-corrected chi connectivity index (χ2v) is 8.52. The van der Waals surface area contributed by atoms with Crippen LogP contribution in [0.1, 0.15) is 36.8 Å². The Morgan fingerprint density at radius 1 is 0.920 bits per heavy atom. The highest BCUT2D eigenvalue weighted by Crippen LogP contribution is 2.26. The molecule has 6 heteroatoms. The zero-order valence-electron chi connectivity index (χ0n) is 14.2. The van der Waals surface area contributed by atoms with Crippen molar-refractivity contribution in [1.82, 2.24) is 4.98 Å². The van der Waals surface area contributed by atoms with Crippen LogP contribution in [-0.2, 0) is 22.9 Å². The third-order valence-electron chi connectivity index (χ3n) is 5.06. The predicted molar refractivity (Wildman–Crippen MR) is 99.6 cm³/mol. The van der Waals surface area contributed by atoms with Crippen LogP contribution in [0.3, 0.4) is 0 Å². The molecule has 2 aromatic rings. The lowest BCUT2D eigenvalue weighted by atomic mass is 9.92. The number of nitrogens with one attached hydrogen (secondary N) is 1. The van der Waals surface area contributed by atoms with Gasteiger partial charge in [0.1, 0.15) is 5.82 Å². The zero-order chi connectivity index (χ0) is 17.3. The van der Waals surface area contributed by atoms with Gasteiger partial charge in [-0.15, -0.1) is 0 Å². The minimum Gasteiger partial charge on any atom is -0.357 e. The minimum absolute atomic E-state index is 0.330. The molecule has 0 atom stereocenters. The first-order valence-electron chi connectivity index (χ1n) is 8.97. The normalized spacial score (nSPS) is 17.4. The fourth-order valence-electron chi connectivity index (χ4n) is 3.67. The summed E-state index contributed by atoms with van der Waals surface area (Å²) in [5.41, 5.74) is 2.94. The van der Waals surface area contributed by atoms with Gasteiger partial charge < -0.3 is 4.90 Å². The summed E-state index contributed by atoms with van der Waals surface area (Å²) in [6.45, 7) is 2.04. The van der Waals surface area contributed by atoms with Gasteiger partial charge in [-0.1, -0.05) is 6.07 Å². The Morgan fingerprint density at radius 2 is 1.68 bits per heavy atom. The zero-order valence-corrected chi connectivity index (χ0v) is 15.1. The molecule has 1 aliphatic heterocycles. The monoisotopic (exact) mass is 357 g/mol. The Morgan fingerprint density at radius 3 is 2.40 bits per heavy atom. The molecule has 0 amide bonds. The molecule has 1 aromatic heterocycles. The van der Waals surface area contributed by atoms with E-state index in [1.807, 2.05) is 18.2 Å². The maximum absolute atomic E-state index is 12.7. The molecule has 0 spiro atoms. The van der Waals surface area contributed by atoms with E-state index >= 15 is 0 Å². The summed E-state index contributed by atoms with van der Waals surface area (Å²) in [6, 6.07) is 9.16. The van der Waals surface area contributed by atoms with Crippen LogP contribution in [0.2, 0.25) is 0 Å². The number of pyridine rings is 1. The molecule has 132 valence electrons. The summed E-state index contributed by atoms with van der Waals surface area (Å²) >= 11 is 0. The Hall–Kier alpha value is -2.08. The molecule has 5 nitrogen and oxygen atoms in total. The lowest BCUT2D eigenvalue weighted by Crippen LogP contribution is -2.19. The molecule has 0 radical (unpaired) electrons. The quantitative estimate of drug-likeness (QED) is 0.911. The van der Waals surface area contributed by atoms with Crippen LogP contribution in [0.25, 0.3) is 0 Å². The van der Waals surface area contributed by atoms with E-state index in [1.54, 1.807) is 18.3 Å². The van der Waals surface area contributed by atoms with Gasteiger partial charge in [0, 0.05) is 13.1 Å². The summed E-state index contributed by atoms with van der Waals surface area (Å²) in [7, 11) is -3.58. The number of rotatable bonds is 4. The Bertz CT molecular complexity index is 857. The third kappa shape index (κ3) is 3.49. The molecule has 1 N–H and O–H groups in total. The smallest absolute Gasteiger partial charge is 0.261 e. The van der Waals surface area contributed by atoms with Crippen molar-refractivity contribution in [3.05, 3.63) is 47.7 Å². The molecule has 2 aliphatic rings. The van der Waals surface area contributed by atoms with E-state index in [4.69, 9.17) is 0 Å². The van der Waals surface area contributed by atoms with Gasteiger partial charge in [0.15, 0.2) is 0 Å². The maximum atomic E-state index is 12.7. The number of aromatic nitrogens is 1. The minimum atomic E-state index is -3.58. The van der Waals surface area contributed by atoms with Crippen molar-refractivity contribution < 1.29 is 8.42 Å². The second kappa shape index (κ2) is 6.67. The van der Waals surface area contributed by atoms with Gasteiger partial charge in [-0.3, -0.25) is 4.72 Å². The third-order valence-corrected chi connectivity index (χ3v) is 6.44. The summed E-state index contributed by atoms with van der Waals surface area (Å²) in [6.07, 6.45) is 8.31. The van der Waals surface area contributed by atoms with Crippen molar-refractivity contribution in [3.63, 3.8) is 0 Å². The topological polar surface area (TPSA) is 62.3 Å². The van der Waals surface area contributed by atoms with Gasteiger partial charge in [0.2, 0.25) is 0 Å². The molecule has 1 aliphatic carbocycles. The number of hydrogen-bond acceptors (Lipinski definition) is 4. The highest BCUT2D eigenvalue weighted by molar-refractivity contribution is 7.92. The van der Waals surface area contributed by atoms with Crippen LogP contribution in [0.4, 0.5) is 11.5 Å². The molecular weight excluding hydrogens is 334 g/mol. The number of benzene rings is 1. The molecule has 25 heavy (non-hydrogen) atoms. The summed E-state index contributed by atoms with van der Waals surface area (Å²) < 4.78 is 28.0. The van der Waals surface area contributed by atoms with E-state index in [9.17, 15) is 8.42 Å². The SMILES string of the molecule is O=S(=O)(Nc1ccc(N2CCCC2)nc1)c1ccc2c(c1)CCCC2. The van der Waals surface area contributed by atoms with Crippen molar-refractivity contribution in [2.24, 2.45) is 0 Å². The first-order chi connectivity index (χ1) is 12.1. The largest absolute Gasteiger partial charge is 0.357 e. The van der Waals surface area contributed by atoms with Gasteiger partial charge >= 0.3 is 0 Å². The van der Waals surface area contributed by atoms with Gasteiger partial charge in [-0.2, -0.15) is 0 Å². The van der Waals surface area contributed by atoms with Gasteiger partial charge in [0.05, 0.1) is 16.8 Å². The van der Waals surface area contributed by atoms with Crippen molar-refractivity contribution in [2.45, 2.75) is 43.4 Å². The lowest BCUT2D eigenvalue weighted by Gasteiger charge is -2.18. The fraction of sp³-hybridized carbons (Fsp3) is 0.421. The summed E-state index contributed by atoms with van der Waals surface area (Å²) in [4.78, 5) is 6.96. The molecule has 0 bridgehead atoms. The van der Waals surface area contributed by atoms with Crippen LogP contribution in [0, 0.1) is 0 Å². The highest BCUT2D eigenvalue weighted by atomic mass is 32.2. The first kappa shape index (κ1) is 16.4. The summed E-state index contributed by atoms with van der Waals surface area (Å²) in [5, 5.41) is 0. The average Bonchev–Trinajstić information content (AvgIpc) is 3.16. The predicted octanol–water partition coefficient (Wildman–Crippen LogP) is 3.36. The highest BCUT2D eigenvalue weighted by Gasteiger charge is 2.19. The summed E-state index contributed by atoms with van der Waals surface area (Å²) in [5.74, 6) is 0.911. The molecular formula is C19H23N3O2S. The molecule has 2 heterocycles. The van der Waals surface area contributed by atoms with E-state index in [0.717, 1.165) is 43.7 Å². The van der Waals surface area contributed by atoms with Crippen LogP contribution >= 0.6 is 0 Å². The Labute approximate surface area is 149 Å². The average molecular weight is 357 g/mol.